The van der Waals surface area contributed by atoms with E-state index in [4.69, 9.17) is 27.9 Å². The summed E-state index contributed by atoms with van der Waals surface area (Å²) >= 11 is 13.2. The minimum absolute atomic E-state index is 0.120. The number of morpholine rings is 1. The predicted octanol–water partition coefficient (Wildman–Crippen LogP) is 2.79. The van der Waals surface area contributed by atoms with Crippen LogP contribution in [0.2, 0.25) is 10.0 Å². The fourth-order valence-corrected chi connectivity index (χ4v) is 4.43. The van der Waals surface area contributed by atoms with Crippen LogP contribution in [0.15, 0.2) is 18.2 Å². The molecule has 3 rings (SSSR count). The number of halogens is 2. The van der Waals surface area contributed by atoms with E-state index in [-0.39, 0.29) is 4.88 Å². The van der Waals surface area contributed by atoms with Crippen molar-refractivity contribution in [3.63, 3.8) is 0 Å². The molecule has 26 heavy (non-hydrogen) atoms. The lowest BCUT2D eigenvalue weighted by molar-refractivity contribution is -0.411. The first-order valence-electron chi connectivity index (χ1n) is 7.84. The van der Waals surface area contributed by atoms with E-state index in [2.05, 4.69) is 11.8 Å². The summed E-state index contributed by atoms with van der Waals surface area (Å²) in [4.78, 5) is 13.9. The van der Waals surface area contributed by atoms with Crippen LogP contribution in [-0.4, -0.2) is 37.4 Å². The Morgan fingerprint density at radius 2 is 2.04 bits per heavy atom. The fourth-order valence-electron chi connectivity index (χ4n) is 2.92. The third-order valence-electron chi connectivity index (χ3n) is 4.23. The number of nitriles is 1. The lowest BCUT2D eigenvalue weighted by Gasteiger charge is -2.27. The summed E-state index contributed by atoms with van der Waals surface area (Å²) in [6.07, 6.45) is 0. The average molecular weight is 413 g/mol. The number of nitrogens with zero attached hydrogens (tertiary/aromatic N) is 2. The van der Waals surface area contributed by atoms with Gasteiger partial charge in [-0.15, -0.1) is 11.3 Å². The molecule has 2 heterocycles. The van der Waals surface area contributed by atoms with Crippen LogP contribution in [0, 0.1) is 11.3 Å². The smallest absolute Gasteiger partial charge is 0.346 e. The van der Waals surface area contributed by atoms with Crippen molar-refractivity contribution in [3.05, 3.63) is 49.8 Å². The zero-order valence-electron chi connectivity index (χ0n) is 13.7. The molecule has 4 N–H and O–H groups in total. The van der Waals surface area contributed by atoms with Crippen molar-refractivity contribution < 1.29 is 20.4 Å². The topological polar surface area (TPSA) is 101 Å². The molecule has 1 atom stereocenters. The molecule has 136 valence electrons. The van der Waals surface area contributed by atoms with Crippen molar-refractivity contribution in [2.24, 2.45) is 0 Å². The van der Waals surface area contributed by atoms with Crippen LogP contribution in [0.3, 0.4) is 0 Å². The Kier molecular flexibility index (Phi) is 5.70. The van der Waals surface area contributed by atoms with E-state index in [1.54, 1.807) is 18.2 Å². The molecule has 0 amide bonds. The van der Waals surface area contributed by atoms with Crippen molar-refractivity contribution in [2.75, 3.05) is 31.2 Å². The van der Waals surface area contributed by atoms with Crippen molar-refractivity contribution in [2.45, 2.75) is 6.04 Å². The zero-order chi connectivity index (χ0) is 18.8. The number of carboxylic acids is 1. The number of carboxylic acid groups (broad SMARTS) is 1. The number of thiophene rings is 1. The number of ether oxygens (including phenoxy) is 1. The Labute approximate surface area is 164 Å². The number of hydrogen-bond donors (Lipinski definition) is 2. The maximum Gasteiger partial charge on any atom is 0.346 e. The highest BCUT2D eigenvalue weighted by Crippen LogP contribution is 2.40. The molecule has 0 spiro atoms. The Bertz CT molecular complexity index is 888. The number of anilines is 1. The lowest BCUT2D eigenvalue weighted by atomic mass is 9.96. The molecule has 1 unspecified atom stereocenters. The van der Waals surface area contributed by atoms with Gasteiger partial charge in [0.25, 0.3) is 0 Å². The van der Waals surface area contributed by atoms with Crippen molar-refractivity contribution in [3.8, 4) is 6.07 Å². The summed E-state index contributed by atoms with van der Waals surface area (Å²) in [5, 5.41) is 20.8. The Balaban J connectivity index is 2.12. The van der Waals surface area contributed by atoms with Gasteiger partial charge >= 0.3 is 5.97 Å². The van der Waals surface area contributed by atoms with Crippen LogP contribution in [-0.2, 0) is 4.74 Å². The van der Waals surface area contributed by atoms with Crippen LogP contribution >= 0.6 is 34.5 Å². The molecule has 1 aliphatic heterocycles. The molecule has 1 aromatic carbocycles. The highest BCUT2D eigenvalue weighted by atomic mass is 35.5. The highest BCUT2D eigenvalue weighted by molar-refractivity contribution is 7.18. The van der Waals surface area contributed by atoms with Gasteiger partial charge in [-0.05, 0) is 12.1 Å². The third-order valence-corrected chi connectivity index (χ3v) is 6.22. The molecular formula is C17H16Cl2N3O3S+. The van der Waals surface area contributed by atoms with Crippen molar-refractivity contribution in [1.29, 1.82) is 5.26 Å². The standard InChI is InChI=1S/C17H15Cl2N3O3S/c18-11-2-1-9(7-12(11)19)14(21)13-10(8-20)16(26-15(13)17(23)24)22-3-5-25-6-4-22/h1-2,7,14H,3-6,21H2,(H,23,24)/p+1. The Morgan fingerprint density at radius 3 is 2.62 bits per heavy atom. The Morgan fingerprint density at radius 1 is 1.35 bits per heavy atom. The Hall–Kier alpha value is -1.82. The minimum atomic E-state index is -1.07. The molecule has 1 saturated heterocycles. The fraction of sp³-hybridized carbons (Fsp3) is 0.294. The number of hydrogen-bond acceptors (Lipinski definition) is 5. The lowest BCUT2D eigenvalue weighted by Crippen LogP contribution is -2.54. The van der Waals surface area contributed by atoms with Crippen LogP contribution in [0.25, 0.3) is 0 Å². The molecule has 0 saturated carbocycles. The highest BCUT2D eigenvalue weighted by Gasteiger charge is 2.32. The molecule has 1 aliphatic rings. The zero-order valence-corrected chi connectivity index (χ0v) is 16.0. The van der Waals surface area contributed by atoms with Crippen molar-refractivity contribution >= 4 is 45.5 Å². The normalized spacial score (nSPS) is 15.5. The molecule has 0 aliphatic carbocycles. The summed E-state index contributed by atoms with van der Waals surface area (Å²) in [6, 6.07) is 6.65. The summed E-state index contributed by atoms with van der Waals surface area (Å²) in [7, 11) is 0. The number of aromatic carboxylic acids is 1. The van der Waals surface area contributed by atoms with Gasteiger partial charge in [0, 0.05) is 18.7 Å². The van der Waals surface area contributed by atoms with Gasteiger partial charge in [-0.3, -0.25) is 0 Å². The molecule has 1 fully saturated rings. The van der Waals surface area contributed by atoms with Gasteiger partial charge in [0.15, 0.2) is 0 Å². The molecule has 0 bridgehead atoms. The van der Waals surface area contributed by atoms with E-state index in [1.165, 1.54) is 0 Å². The van der Waals surface area contributed by atoms with E-state index in [1.807, 2.05) is 4.90 Å². The summed E-state index contributed by atoms with van der Waals surface area (Å²) in [5.41, 5.74) is 5.56. The first kappa shape index (κ1) is 19.0. The molecule has 9 heteroatoms. The van der Waals surface area contributed by atoms with E-state index in [9.17, 15) is 15.2 Å². The van der Waals surface area contributed by atoms with Gasteiger partial charge in [0.2, 0.25) is 0 Å². The van der Waals surface area contributed by atoms with E-state index in [0.29, 0.717) is 58.0 Å². The largest absolute Gasteiger partial charge is 0.477 e. The SMILES string of the molecule is N#Cc1c(N2CCOCC2)sc(C(=O)O)c1C([NH3+])c1ccc(Cl)c(Cl)c1. The van der Waals surface area contributed by atoms with E-state index < -0.39 is 12.0 Å². The van der Waals surface area contributed by atoms with Crippen LogP contribution in [0.1, 0.15) is 32.4 Å². The maximum absolute atomic E-state index is 11.8. The van der Waals surface area contributed by atoms with E-state index >= 15 is 0 Å². The maximum atomic E-state index is 11.8. The molecule has 0 radical (unpaired) electrons. The number of quaternary nitrogens is 1. The van der Waals surface area contributed by atoms with Gasteiger partial charge in [0.1, 0.15) is 22.0 Å². The van der Waals surface area contributed by atoms with Gasteiger partial charge < -0.3 is 20.5 Å². The first-order chi connectivity index (χ1) is 12.4. The number of benzene rings is 1. The quantitative estimate of drug-likeness (QED) is 0.803. The molecule has 1 aromatic heterocycles. The monoisotopic (exact) mass is 412 g/mol. The van der Waals surface area contributed by atoms with Gasteiger partial charge in [0.05, 0.1) is 34.4 Å². The van der Waals surface area contributed by atoms with Gasteiger partial charge in [-0.25, -0.2) is 4.79 Å². The second-order valence-electron chi connectivity index (χ2n) is 5.77. The van der Waals surface area contributed by atoms with Crippen LogP contribution in [0.4, 0.5) is 5.00 Å². The summed E-state index contributed by atoms with van der Waals surface area (Å²) in [6.45, 7) is 2.31. The predicted molar refractivity (Wildman–Crippen MR) is 100 cm³/mol. The second kappa shape index (κ2) is 7.82. The van der Waals surface area contributed by atoms with E-state index in [0.717, 1.165) is 11.3 Å². The van der Waals surface area contributed by atoms with Crippen LogP contribution < -0.4 is 10.6 Å². The second-order valence-corrected chi connectivity index (χ2v) is 7.58. The molecular weight excluding hydrogens is 397 g/mol. The number of carbonyl (C=O) groups is 1. The first-order valence-corrected chi connectivity index (χ1v) is 9.42. The third kappa shape index (κ3) is 3.52. The molecule has 6 nitrogen and oxygen atoms in total. The van der Waals surface area contributed by atoms with Crippen molar-refractivity contribution in [1.82, 2.24) is 0 Å². The number of rotatable bonds is 4. The minimum Gasteiger partial charge on any atom is -0.477 e. The summed E-state index contributed by atoms with van der Waals surface area (Å²) in [5.74, 6) is -1.07. The van der Waals surface area contributed by atoms with Gasteiger partial charge in [-0.1, -0.05) is 29.3 Å². The average Bonchev–Trinajstić information content (AvgIpc) is 3.04. The summed E-state index contributed by atoms with van der Waals surface area (Å²) < 4.78 is 5.34. The van der Waals surface area contributed by atoms with Crippen LogP contribution in [0.5, 0.6) is 0 Å². The molecule has 2 aromatic rings. The van der Waals surface area contributed by atoms with Gasteiger partial charge in [-0.2, -0.15) is 5.26 Å².